The van der Waals surface area contributed by atoms with Crippen LogP contribution in [0.2, 0.25) is 0 Å². The third-order valence-electron chi connectivity index (χ3n) is 4.38. The number of pyridine rings is 1. The number of amides is 2. The largest absolute Gasteiger partial charge is 0.356 e. The van der Waals surface area contributed by atoms with Gasteiger partial charge in [-0.25, -0.2) is 14.2 Å². The molecule has 1 fully saturated rings. The summed E-state index contributed by atoms with van der Waals surface area (Å²) in [6.45, 7) is 1.72. The van der Waals surface area contributed by atoms with E-state index in [2.05, 4.69) is 15.2 Å². The minimum Gasteiger partial charge on any atom is -0.356 e. The lowest BCUT2D eigenvalue weighted by Crippen LogP contribution is -2.47. The number of anilines is 2. The van der Waals surface area contributed by atoms with E-state index >= 15 is 0 Å². The zero-order valence-corrected chi connectivity index (χ0v) is 13.7. The Morgan fingerprint density at radius 2 is 2.04 bits per heavy atom. The first kappa shape index (κ1) is 16.2. The second-order valence-electron chi connectivity index (χ2n) is 5.96. The van der Waals surface area contributed by atoms with Gasteiger partial charge >= 0.3 is 6.03 Å². The molecule has 2 aromatic rings. The van der Waals surface area contributed by atoms with Gasteiger partial charge in [0.1, 0.15) is 11.6 Å². The second-order valence-corrected chi connectivity index (χ2v) is 5.96. The Morgan fingerprint density at radius 1 is 1.25 bits per heavy atom. The molecule has 6 heteroatoms. The molecule has 5 nitrogen and oxygen atoms in total. The summed E-state index contributed by atoms with van der Waals surface area (Å²) in [5.74, 6) is 0.613. The van der Waals surface area contributed by atoms with Crippen LogP contribution in [0.4, 0.5) is 20.7 Å². The van der Waals surface area contributed by atoms with Gasteiger partial charge in [-0.15, -0.1) is 0 Å². The van der Waals surface area contributed by atoms with Crippen molar-refractivity contribution in [3.8, 4) is 0 Å². The molecule has 2 heterocycles. The van der Waals surface area contributed by atoms with Crippen LogP contribution >= 0.6 is 0 Å². The average Bonchev–Trinajstić information content (AvgIpc) is 2.62. The molecule has 0 aliphatic carbocycles. The topological polar surface area (TPSA) is 48.5 Å². The fourth-order valence-electron chi connectivity index (χ4n) is 2.97. The molecule has 1 saturated heterocycles. The van der Waals surface area contributed by atoms with Gasteiger partial charge in [0.15, 0.2) is 0 Å². The summed E-state index contributed by atoms with van der Waals surface area (Å²) in [6.07, 6.45) is 3.55. The molecule has 126 valence electrons. The number of nitrogens with one attached hydrogen (secondary N) is 1. The summed E-state index contributed by atoms with van der Waals surface area (Å²) in [4.78, 5) is 20.6. The third-order valence-corrected chi connectivity index (χ3v) is 4.38. The first-order chi connectivity index (χ1) is 11.6. The molecule has 1 N–H and O–H groups in total. The summed E-state index contributed by atoms with van der Waals surface area (Å²) in [5, 5.41) is 2.74. The Kier molecular flexibility index (Phi) is 4.93. The molecule has 0 atom stereocenters. The number of rotatable bonds is 3. The summed E-state index contributed by atoms with van der Waals surface area (Å²) in [5.41, 5.74) is 0.470. The molecule has 0 saturated carbocycles. The average molecular weight is 328 g/mol. The van der Waals surface area contributed by atoms with E-state index < -0.39 is 0 Å². The summed E-state index contributed by atoms with van der Waals surface area (Å²) in [7, 11) is 1.79. The summed E-state index contributed by atoms with van der Waals surface area (Å²) in [6, 6.07) is 11.8. The van der Waals surface area contributed by atoms with Gasteiger partial charge in [-0.1, -0.05) is 12.1 Å². The van der Waals surface area contributed by atoms with Crippen LogP contribution in [0.3, 0.4) is 0 Å². The van der Waals surface area contributed by atoms with Gasteiger partial charge in [-0.05, 0) is 43.2 Å². The molecule has 1 aliphatic heterocycles. The lowest BCUT2D eigenvalue weighted by molar-refractivity contribution is 0.193. The van der Waals surface area contributed by atoms with E-state index in [4.69, 9.17) is 0 Å². The van der Waals surface area contributed by atoms with Crippen LogP contribution in [-0.4, -0.2) is 42.1 Å². The van der Waals surface area contributed by atoms with Crippen LogP contribution in [0.5, 0.6) is 0 Å². The van der Waals surface area contributed by atoms with Crippen molar-refractivity contribution in [2.75, 3.05) is 30.4 Å². The van der Waals surface area contributed by atoms with E-state index in [1.54, 1.807) is 30.3 Å². The monoisotopic (exact) mass is 328 g/mol. The lowest BCUT2D eigenvalue weighted by atomic mass is 10.0. The molecular weight excluding hydrogens is 307 g/mol. The quantitative estimate of drug-likeness (QED) is 0.940. The van der Waals surface area contributed by atoms with E-state index in [1.807, 2.05) is 18.2 Å². The van der Waals surface area contributed by atoms with Crippen molar-refractivity contribution < 1.29 is 9.18 Å². The van der Waals surface area contributed by atoms with E-state index in [0.717, 1.165) is 31.7 Å². The van der Waals surface area contributed by atoms with Gasteiger partial charge < -0.3 is 15.1 Å². The minimum atomic E-state index is -0.362. The molecule has 2 amide bonds. The van der Waals surface area contributed by atoms with Crippen LogP contribution in [-0.2, 0) is 0 Å². The fraction of sp³-hybridized carbons (Fsp3) is 0.333. The first-order valence-electron chi connectivity index (χ1n) is 8.09. The first-order valence-corrected chi connectivity index (χ1v) is 8.09. The molecule has 3 rings (SSSR count). The Hall–Kier alpha value is -2.63. The standard InChI is InChI=1S/C18H21FN4O/c1-22(18(24)21-15-6-4-5-14(19)13-15)16-8-11-23(12-9-16)17-7-2-3-10-20-17/h2-7,10,13,16H,8-9,11-12H2,1H3,(H,21,24). The number of carbonyl (C=O) groups is 1. The number of hydrogen-bond acceptors (Lipinski definition) is 3. The normalized spacial score (nSPS) is 15.2. The number of piperidine rings is 1. The molecule has 1 aromatic heterocycles. The van der Waals surface area contributed by atoms with Crippen molar-refractivity contribution in [1.82, 2.24) is 9.88 Å². The molecule has 0 bridgehead atoms. The number of aromatic nitrogens is 1. The van der Waals surface area contributed by atoms with E-state index in [1.165, 1.54) is 12.1 Å². The SMILES string of the molecule is CN(C(=O)Nc1cccc(F)c1)C1CCN(c2ccccn2)CC1. The highest BCUT2D eigenvalue weighted by molar-refractivity contribution is 5.89. The lowest BCUT2D eigenvalue weighted by Gasteiger charge is -2.37. The highest BCUT2D eigenvalue weighted by Gasteiger charge is 2.25. The molecule has 0 unspecified atom stereocenters. The smallest absolute Gasteiger partial charge is 0.321 e. The molecule has 1 aliphatic rings. The third kappa shape index (κ3) is 3.82. The number of nitrogens with zero attached hydrogens (tertiary/aromatic N) is 3. The van der Waals surface area contributed by atoms with Crippen LogP contribution in [0.15, 0.2) is 48.7 Å². The second kappa shape index (κ2) is 7.29. The number of halogens is 1. The molecule has 24 heavy (non-hydrogen) atoms. The predicted octanol–water partition coefficient (Wildman–Crippen LogP) is 3.35. The Labute approximate surface area is 141 Å². The van der Waals surface area contributed by atoms with Crippen molar-refractivity contribution >= 4 is 17.5 Å². The van der Waals surface area contributed by atoms with Crippen LogP contribution < -0.4 is 10.2 Å². The van der Waals surface area contributed by atoms with E-state index in [0.29, 0.717) is 5.69 Å². The Bertz CT molecular complexity index is 686. The maximum absolute atomic E-state index is 13.2. The summed E-state index contributed by atoms with van der Waals surface area (Å²) < 4.78 is 13.2. The van der Waals surface area contributed by atoms with Crippen molar-refractivity contribution in [3.05, 3.63) is 54.5 Å². The number of benzene rings is 1. The van der Waals surface area contributed by atoms with Gasteiger partial charge in [0.05, 0.1) is 0 Å². The van der Waals surface area contributed by atoms with Gasteiger partial charge in [0.2, 0.25) is 0 Å². The van der Waals surface area contributed by atoms with Crippen molar-refractivity contribution in [2.24, 2.45) is 0 Å². The highest BCUT2D eigenvalue weighted by atomic mass is 19.1. The van der Waals surface area contributed by atoms with Gasteiger partial charge in [-0.2, -0.15) is 0 Å². The molecular formula is C18H21FN4O. The zero-order chi connectivity index (χ0) is 16.9. The number of hydrogen-bond donors (Lipinski definition) is 1. The van der Waals surface area contributed by atoms with Gasteiger partial charge in [0, 0.05) is 38.1 Å². The van der Waals surface area contributed by atoms with Crippen LogP contribution in [0.25, 0.3) is 0 Å². The predicted molar refractivity (Wildman–Crippen MR) is 92.7 cm³/mol. The van der Waals surface area contributed by atoms with Crippen LogP contribution in [0, 0.1) is 5.82 Å². The Morgan fingerprint density at radius 3 is 2.71 bits per heavy atom. The zero-order valence-electron chi connectivity index (χ0n) is 13.7. The van der Waals surface area contributed by atoms with Crippen molar-refractivity contribution in [1.29, 1.82) is 0 Å². The molecule has 1 aromatic carbocycles. The maximum atomic E-state index is 13.2. The van der Waals surface area contributed by atoms with E-state index in [-0.39, 0.29) is 17.9 Å². The molecule has 0 spiro atoms. The minimum absolute atomic E-state index is 0.165. The number of carbonyl (C=O) groups excluding carboxylic acids is 1. The van der Waals surface area contributed by atoms with Gasteiger partial charge in [0.25, 0.3) is 0 Å². The molecule has 0 radical (unpaired) electrons. The van der Waals surface area contributed by atoms with Crippen molar-refractivity contribution in [2.45, 2.75) is 18.9 Å². The maximum Gasteiger partial charge on any atom is 0.321 e. The summed E-state index contributed by atoms with van der Waals surface area (Å²) >= 11 is 0. The fourth-order valence-corrected chi connectivity index (χ4v) is 2.97. The van der Waals surface area contributed by atoms with Crippen LogP contribution in [0.1, 0.15) is 12.8 Å². The van der Waals surface area contributed by atoms with Crippen molar-refractivity contribution in [3.63, 3.8) is 0 Å². The highest BCUT2D eigenvalue weighted by Crippen LogP contribution is 2.21. The Balaban J connectivity index is 1.55. The van der Waals surface area contributed by atoms with E-state index in [9.17, 15) is 9.18 Å². The van der Waals surface area contributed by atoms with Gasteiger partial charge in [-0.3, -0.25) is 0 Å². The number of urea groups is 1.